The Hall–Kier alpha value is -1.25. The predicted molar refractivity (Wildman–Crippen MR) is 89.2 cm³/mol. The van der Waals surface area contributed by atoms with Crippen LogP contribution in [0.25, 0.3) is 0 Å². The van der Waals surface area contributed by atoms with Crippen molar-refractivity contribution < 1.29 is 0 Å². The summed E-state index contributed by atoms with van der Waals surface area (Å²) in [5.74, 6) is 0. The molecule has 1 nitrogen and oxygen atoms in total. The maximum Gasteiger partial charge on any atom is 0.0316 e. The van der Waals surface area contributed by atoms with Crippen LogP contribution in [0.2, 0.25) is 0 Å². The maximum atomic E-state index is 3.46. The summed E-state index contributed by atoms with van der Waals surface area (Å²) in [5.41, 5.74) is 2.74. The van der Waals surface area contributed by atoms with Crippen LogP contribution < -0.4 is 5.32 Å². The van der Waals surface area contributed by atoms with E-state index in [4.69, 9.17) is 0 Å². The van der Waals surface area contributed by atoms with Crippen molar-refractivity contribution in [3.8, 4) is 0 Å². The van der Waals surface area contributed by atoms with Gasteiger partial charge in [-0.1, -0.05) is 49.4 Å². The second-order valence-corrected chi connectivity index (χ2v) is 6.44. The molecule has 0 aromatic heterocycles. The van der Waals surface area contributed by atoms with Crippen molar-refractivity contribution in [3.05, 3.63) is 65.7 Å². The third-order valence-corrected chi connectivity index (χ3v) is 4.60. The molecule has 0 aliphatic carbocycles. The number of benzene rings is 2. The van der Waals surface area contributed by atoms with Gasteiger partial charge in [-0.05, 0) is 43.7 Å². The van der Waals surface area contributed by atoms with Crippen LogP contribution in [-0.4, -0.2) is 6.54 Å². The predicted octanol–water partition coefficient (Wildman–Crippen LogP) is 5.21. The fourth-order valence-electron chi connectivity index (χ4n) is 2.28. The average molecular weight is 285 g/mol. The van der Waals surface area contributed by atoms with Crippen molar-refractivity contribution in [2.24, 2.45) is 0 Å². The molecule has 2 heteroatoms. The Morgan fingerprint density at radius 3 is 2.35 bits per heavy atom. The molecular formula is C18H23NS. The summed E-state index contributed by atoms with van der Waals surface area (Å²) in [5, 5.41) is 3.94. The minimum absolute atomic E-state index is 0.410. The molecule has 106 valence electrons. The highest BCUT2D eigenvalue weighted by atomic mass is 32.2. The average Bonchev–Trinajstić information content (AvgIpc) is 2.48. The molecule has 0 bridgehead atoms. The first-order valence-corrected chi connectivity index (χ1v) is 8.13. The molecule has 0 amide bonds. The third kappa shape index (κ3) is 4.12. The minimum Gasteiger partial charge on any atom is -0.310 e. The Morgan fingerprint density at radius 1 is 0.950 bits per heavy atom. The van der Waals surface area contributed by atoms with Gasteiger partial charge < -0.3 is 5.32 Å². The highest BCUT2D eigenvalue weighted by molar-refractivity contribution is 7.99. The SMILES string of the molecule is CCNC(C)c1cccc(SC(C)c2ccccc2)c1. The molecule has 0 saturated heterocycles. The van der Waals surface area contributed by atoms with Gasteiger partial charge in [0.1, 0.15) is 0 Å². The summed E-state index contributed by atoms with van der Waals surface area (Å²) >= 11 is 1.92. The van der Waals surface area contributed by atoms with Gasteiger partial charge in [0.15, 0.2) is 0 Å². The summed E-state index contributed by atoms with van der Waals surface area (Å²) in [6.07, 6.45) is 0. The van der Waals surface area contributed by atoms with Crippen molar-refractivity contribution in [2.45, 2.75) is 37.0 Å². The highest BCUT2D eigenvalue weighted by Crippen LogP contribution is 2.35. The Labute approximate surface area is 126 Å². The molecule has 0 spiro atoms. The molecule has 0 radical (unpaired) electrons. The van der Waals surface area contributed by atoms with Crippen molar-refractivity contribution in [1.82, 2.24) is 5.32 Å². The van der Waals surface area contributed by atoms with Gasteiger partial charge in [0, 0.05) is 16.2 Å². The normalized spacial score (nSPS) is 13.9. The van der Waals surface area contributed by atoms with Gasteiger partial charge in [0.2, 0.25) is 0 Å². The third-order valence-electron chi connectivity index (χ3n) is 3.45. The molecule has 1 N–H and O–H groups in total. The quantitative estimate of drug-likeness (QED) is 0.731. The highest BCUT2D eigenvalue weighted by Gasteiger charge is 2.09. The smallest absolute Gasteiger partial charge is 0.0316 e. The summed E-state index contributed by atoms with van der Waals surface area (Å²) in [4.78, 5) is 1.34. The van der Waals surface area contributed by atoms with Gasteiger partial charge in [0.05, 0.1) is 0 Å². The zero-order valence-corrected chi connectivity index (χ0v) is 13.3. The van der Waals surface area contributed by atoms with Crippen LogP contribution in [0.4, 0.5) is 0 Å². The fraction of sp³-hybridized carbons (Fsp3) is 0.333. The van der Waals surface area contributed by atoms with Gasteiger partial charge in [-0.3, -0.25) is 0 Å². The van der Waals surface area contributed by atoms with Crippen molar-refractivity contribution in [2.75, 3.05) is 6.54 Å². The van der Waals surface area contributed by atoms with Crippen molar-refractivity contribution in [1.29, 1.82) is 0 Å². The molecule has 2 atom stereocenters. The summed E-state index contributed by atoms with van der Waals surface area (Å²) < 4.78 is 0. The van der Waals surface area contributed by atoms with Crippen LogP contribution in [0, 0.1) is 0 Å². The lowest BCUT2D eigenvalue weighted by atomic mass is 10.1. The van der Waals surface area contributed by atoms with Crippen LogP contribution in [-0.2, 0) is 0 Å². The molecule has 0 saturated carbocycles. The van der Waals surface area contributed by atoms with E-state index in [2.05, 4.69) is 80.7 Å². The minimum atomic E-state index is 0.410. The molecule has 2 aromatic rings. The number of hydrogen-bond donors (Lipinski definition) is 1. The van der Waals surface area contributed by atoms with Gasteiger partial charge in [-0.25, -0.2) is 0 Å². The Kier molecular flexibility index (Phi) is 5.69. The van der Waals surface area contributed by atoms with E-state index in [1.807, 2.05) is 11.8 Å². The second-order valence-electron chi connectivity index (χ2n) is 5.02. The van der Waals surface area contributed by atoms with E-state index in [0.29, 0.717) is 11.3 Å². The van der Waals surface area contributed by atoms with E-state index in [1.165, 1.54) is 16.0 Å². The summed E-state index contributed by atoms with van der Waals surface area (Å²) in [6, 6.07) is 19.9. The zero-order chi connectivity index (χ0) is 14.4. The Bertz CT molecular complexity index is 524. The van der Waals surface area contributed by atoms with E-state index in [1.54, 1.807) is 0 Å². The topological polar surface area (TPSA) is 12.0 Å². The molecular weight excluding hydrogens is 262 g/mol. The van der Waals surface area contributed by atoms with E-state index >= 15 is 0 Å². The van der Waals surface area contributed by atoms with Gasteiger partial charge in [-0.15, -0.1) is 11.8 Å². The molecule has 0 aliphatic rings. The monoisotopic (exact) mass is 285 g/mol. The first kappa shape index (κ1) is 15.1. The number of nitrogens with one attached hydrogen (secondary N) is 1. The molecule has 2 aromatic carbocycles. The van der Waals surface area contributed by atoms with E-state index < -0.39 is 0 Å². The van der Waals surface area contributed by atoms with Gasteiger partial charge in [-0.2, -0.15) is 0 Å². The largest absolute Gasteiger partial charge is 0.310 e. The maximum absolute atomic E-state index is 3.46. The van der Waals surface area contributed by atoms with Crippen LogP contribution in [0.1, 0.15) is 43.2 Å². The van der Waals surface area contributed by atoms with Gasteiger partial charge >= 0.3 is 0 Å². The van der Waals surface area contributed by atoms with Crippen LogP contribution in [0.15, 0.2) is 59.5 Å². The molecule has 0 heterocycles. The summed E-state index contributed by atoms with van der Waals surface area (Å²) in [7, 11) is 0. The lowest BCUT2D eigenvalue weighted by molar-refractivity contribution is 0.597. The van der Waals surface area contributed by atoms with E-state index in [-0.39, 0.29) is 0 Å². The molecule has 0 fully saturated rings. The standard InChI is InChI=1S/C18H23NS/c1-4-19-14(2)17-11-8-12-18(13-17)20-15(3)16-9-6-5-7-10-16/h5-15,19H,4H2,1-3H3. The first-order valence-electron chi connectivity index (χ1n) is 7.25. The second kappa shape index (κ2) is 7.51. The zero-order valence-electron chi connectivity index (χ0n) is 12.5. The lowest BCUT2D eigenvalue weighted by Crippen LogP contribution is -2.17. The summed E-state index contributed by atoms with van der Waals surface area (Å²) in [6.45, 7) is 7.62. The fourth-order valence-corrected chi connectivity index (χ4v) is 3.34. The number of rotatable bonds is 6. The Morgan fingerprint density at radius 2 is 1.65 bits per heavy atom. The number of hydrogen-bond acceptors (Lipinski definition) is 2. The first-order chi connectivity index (χ1) is 9.70. The van der Waals surface area contributed by atoms with Gasteiger partial charge in [0.25, 0.3) is 0 Å². The van der Waals surface area contributed by atoms with Crippen LogP contribution in [0.3, 0.4) is 0 Å². The number of thioether (sulfide) groups is 1. The molecule has 2 unspecified atom stereocenters. The Balaban J connectivity index is 2.08. The molecule has 20 heavy (non-hydrogen) atoms. The molecule has 0 aliphatic heterocycles. The molecule has 2 rings (SSSR count). The van der Waals surface area contributed by atoms with Crippen LogP contribution in [0.5, 0.6) is 0 Å². The van der Waals surface area contributed by atoms with Crippen molar-refractivity contribution in [3.63, 3.8) is 0 Å². The van der Waals surface area contributed by atoms with E-state index in [0.717, 1.165) is 6.54 Å². The van der Waals surface area contributed by atoms with Crippen molar-refractivity contribution >= 4 is 11.8 Å². The van der Waals surface area contributed by atoms with Crippen LogP contribution >= 0.6 is 11.8 Å². The van der Waals surface area contributed by atoms with E-state index in [9.17, 15) is 0 Å². The lowest BCUT2D eigenvalue weighted by Gasteiger charge is -2.16.